The fourth-order valence-corrected chi connectivity index (χ4v) is 2.64. The third-order valence-electron chi connectivity index (χ3n) is 3.70. The summed E-state index contributed by atoms with van der Waals surface area (Å²) >= 11 is 0. The van der Waals surface area contributed by atoms with Crippen molar-refractivity contribution in [3.05, 3.63) is 29.3 Å². The fourth-order valence-electron chi connectivity index (χ4n) is 2.64. The first-order chi connectivity index (χ1) is 9.16. The number of nitrogens with zero attached hydrogens (tertiary/aromatic N) is 1. The van der Waals surface area contributed by atoms with Gasteiger partial charge in [-0.3, -0.25) is 0 Å². The maximum absolute atomic E-state index is 6.03. The minimum atomic E-state index is 0.567. The number of aryl methyl sites for hydroxylation is 2. The van der Waals surface area contributed by atoms with Crippen molar-refractivity contribution in [1.29, 1.82) is 0 Å². The van der Waals surface area contributed by atoms with E-state index in [1.54, 1.807) is 0 Å². The van der Waals surface area contributed by atoms with Gasteiger partial charge in [-0.1, -0.05) is 25.1 Å². The number of para-hydroxylation sites is 1. The second-order valence-corrected chi connectivity index (χ2v) is 5.69. The van der Waals surface area contributed by atoms with Gasteiger partial charge in [-0.15, -0.1) is 0 Å². The Balaban J connectivity index is 1.81. The van der Waals surface area contributed by atoms with Crippen molar-refractivity contribution >= 4 is 0 Å². The second kappa shape index (κ2) is 6.92. The van der Waals surface area contributed by atoms with Gasteiger partial charge in [0, 0.05) is 38.6 Å². The lowest BCUT2D eigenvalue weighted by atomic mass is 10.1. The molecule has 0 bridgehead atoms. The normalized spacial score (nSPS) is 18.3. The second-order valence-electron chi connectivity index (χ2n) is 5.69. The molecular formula is C16H26N2O. The molecule has 106 valence electrons. The molecule has 1 aliphatic heterocycles. The molecule has 1 aromatic rings. The van der Waals surface area contributed by atoms with Gasteiger partial charge in [-0.05, 0) is 25.0 Å². The Bertz CT molecular complexity index is 379. The van der Waals surface area contributed by atoms with Crippen LogP contribution in [0.1, 0.15) is 18.1 Å². The zero-order valence-corrected chi connectivity index (χ0v) is 12.4. The van der Waals surface area contributed by atoms with E-state index in [9.17, 15) is 0 Å². The number of rotatable bonds is 5. The van der Waals surface area contributed by atoms with Crippen LogP contribution in [0.25, 0.3) is 0 Å². The lowest BCUT2D eigenvalue weighted by Crippen LogP contribution is -2.45. The molecule has 1 N–H and O–H groups in total. The van der Waals surface area contributed by atoms with Gasteiger partial charge in [-0.2, -0.15) is 0 Å². The molecule has 0 saturated carbocycles. The van der Waals surface area contributed by atoms with E-state index in [-0.39, 0.29) is 0 Å². The van der Waals surface area contributed by atoms with Crippen molar-refractivity contribution in [3.8, 4) is 5.75 Å². The summed E-state index contributed by atoms with van der Waals surface area (Å²) in [5.74, 6) is 1.63. The summed E-state index contributed by atoms with van der Waals surface area (Å²) in [4.78, 5) is 2.52. The summed E-state index contributed by atoms with van der Waals surface area (Å²) in [5, 5.41) is 3.39. The molecule has 0 aliphatic carbocycles. The maximum Gasteiger partial charge on any atom is 0.125 e. The molecule has 0 amide bonds. The van der Waals surface area contributed by atoms with E-state index in [4.69, 9.17) is 4.74 Å². The largest absolute Gasteiger partial charge is 0.493 e. The molecule has 0 radical (unpaired) electrons. The molecular weight excluding hydrogens is 236 g/mol. The quantitative estimate of drug-likeness (QED) is 0.880. The zero-order chi connectivity index (χ0) is 13.7. The topological polar surface area (TPSA) is 24.5 Å². The number of hydrogen-bond acceptors (Lipinski definition) is 3. The van der Waals surface area contributed by atoms with E-state index in [0.717, 1.165) is 45.1 Å². The first-order valence-corrected chi connectivity index (χ1v) is 7.29. The average molecular weight is 262 g/mol. The van der Waals surface area contributed by atoms with Gasteiger partial charge >= 0.3 is 0 Å². The van der Waals surface area contributed by atoms with E-state index in [1.165, 1.54) is 11.1 Å². The van der Waals surface area contributed by atoms with Crippen LogP contribution in [0.2, 0.25) is 0 Å². The summed E-state index contributed by atoms with van der Waals surface area (Å²) in [6, 6.07) is 6.31. The molecule has 0 aromatic heterocycles. The summed E-state index contributed by atoms with van der Waals surface area (Å²) < 4.78 is 6.03. The number of nitrogens with one attached hydrogen (secondary N) is 1. The molecule has 1 unspecified atom stereocenters. The first kappa shape index (κ1) is 14.4. The lowest BCUT2D eigenvalue weighted by Gasteiger charge is -2.29. The van der Waals surface area contributed by atoms with Gasteiger partial charge in [0.2, 0.25) is 0 Å². The van der Waals surface area contributed by atoms with Crippen LogP contribution in [0.15, 0.2) is 18.2 Å². The van der Waals surface area contributed by atoms with E-state index < -0.39 is 0 Å². The smallest absolute Gasteiger partial charge is 0.125 e. The van der Waals surface area contributed by atoms with Gasteiger partial charge < -0.3 is 15.0 Å². The van der Waals surface area contributed by atoms with Crippen molar-refractivity contribution in [2.45, 2.75) is 20.8 Å². The lowest BCUT2D eigenvalue weighted by molar-refractivity contribution is 0.170. The third-order valence-corrected chi connectivity index (χ3v) is 3.70. The molecule has 2 rings (SSSR count). The minimum Gasteiger partial charge on any atom is -0.493 e. The standard InChI is InChI=1S/C16H26N2O/c1-13(11-18-9-7-17-8-10-18)12-19-16-14(2)5-4-6-15(16)3/h4-6,13,17H,7-12H2,1-3H3. The van der Waals surface area contributed by atoms with Gasteiger partial charge in [0.25, 0.3) is 0 Å². The van der Waals surface area contributed by atoms with Crippen LogP contribution in [0.4, 0.5) is 0 Å². The van der Waals surface area contributed by atoms with Crippen LogP contribution in [0.3, 0.4) is 0 Å². The minimum absolute atomic E-state index is 0.567. The van der Waals surface area contributed by atoms with Crippen molar-refractivity contribution in [3.63, 3.8) is 0 Å². The SMILES string of the molecule is Cc1cccc(C)c1OCC(C)CN1CCNCC1. The van der Waals surface area contributed by atoms with Gasteiger partial charge in [0.1, 0.15) is 5.75 Å². The number of benzene rings is 1. The molecule has 19 heavy (non-hydrogen) atoms. The highest BCUT2D eigenvalue weighted by Crippen LogP contribution is 2.22. The van der Waals surface area contributed by atoms with Gasteiger partial charge in [-0.25, -0.2) is 0 Å². The van der Waals surface area contributed by atoms with Crippen LogP contribution >= 0.6 is 0 Å². The zero-order valence-electron chi connectivity index (χ0n) is 12.4. The van der Waals surface area contributed by atoms with Crippen LogP contribution < -0.4 is 10.1 Å². The molecule has 1 aliphatic rings. The van der Waals surface area contributed by atoms with Crippen LogP contribution in [-0.4, -0.2) is 44.2 Å². The Morgan fingerprint density at radius 3 is 2.47 bits per heavy atom. The Hall–Kier alpha value is -1.06. The predicted octanol–water partition coefficient (Wildman–Crippen LogP) is 2.22. The Kier molecular flexibility index (Phi) is 5.23. The van der Waals surface area contributed by atoms with E-state index in [0.29, 0.717) is 5.92 Å². The molecule has 1 heterocycles. The van der Waals surface area contributed by atoms with Crippen molar-refractivity contribution in [2.75, 3.05) is 39.3 Å². The highest BCUT2D eigenvalue weighted by Gasteiger charge is 2.14. The van der Waals surface area contributed by atoms with E-state index >= 15 is 0 Å². The predicted molar refractivity (Wildman–Crippen MR) is 79.9 cm³/mol. The monoisotopic (exact) mass is 262 g/mol. The number of hydrogen-bond donors (Lipinski definition) is 1. The molecule has 0 spiro atoms. The van der Waals surface area contributed by atoms with Gasteiger partial charge in [0.05, 0.1) is 6.61 Å². The van der Waals surface area contributed by atoms with E-state index in [1.807, 2.05) is 0 Å². The summed E-state index contributed by atoms with van der Waals surface area (Å²) in [5.41, 5.74) is 2.46. The first-order valence-electron chi connectivity index (χ1n) is 7.29. The maximum atomic E-state index is 6.03. The Morgan fingerprint density at radius 2 is 1.84 bits per heavy atom. The van der Waals surface area contributed by atoms with Crippen molar-refractivity contribution in [1.82, 2.24) is 10.2 Å². The van der Waals surface area contributed by atoms with Crippen LogP contribution in [-0.2, 0) is 0 Å². The van der Waals surface area contributed by atoms with Crippen LogP contribution in [0, 0.1) is 19.8 Å². The number of piperazine rings is 1. The molecule has 3 nitrogen and oxygen atoms in total. The van der Waals surface area contributed by atoms with Crippen LogP contribution in [0.5, 0.6) is 5.75 Å². The highest BCUT2D eigenvalue weighted by molar-refractivity contribution is 5.39. The average Bonchev–Trinajstić information content (AvgIpc) is 2.39. The van der Waals surface area contributed by atoms with E-state index in [2.05, 4.69) is 49.2 Å². The molecule has 1 aromatic carbocycles. The van der Waals surface area contributed by atoms with Gasteiger partial charge in [0.15, 0.2) is 0 Å². The highest BCUT2D eigenvalue weighted by atomic mass is 16.5. The summed E-state index contributed by atoms with van der Waals surface area (Å²) in [6.07, 6.45) is 0. The van der Waals surface area contributed by atoms with Crippen molar-refractivity contribution < 1.29 is 4.74 Å². The molecule has 1 saturated heterocycles. The summed E-state index contributed by atoms with van der Waals surface area (Å²) in [6.45, 7) is 13.0. The third kappa shape index (κ3) is 4.22. The number of ether oxygens (including phenoxy) is 1. The molecule has 3 heteroatoms. The molecule has 1 fully saturated rings. The van der Waals surface area contributed by atoms with Crippen molar-refractivity contribution in [2.24, 2.45) is 5.92 Å². The summed E-state index contributed by atoms with van der Waals surface area (Å²) in [7, 11) is 0. The fraction of sp³-hybridized carbons (Fsp3) is 0.625. The molecule has 1 atom stereocenters. The Labute approximate surface area is 116 Å². The Morgan fingerprint density at radius 1 is 1.21 bits per heavy atom.